The van der Waals surface area contributed by atoms with Gasteiger partial charge in [-0.1, -0.05) is 38.1 Å². The molecule has 0 fully saturated rings. The number of halogens is 1. The van der Waals surface area contributed by atoms with Crippen LogP contribution in [0, 0.1) is 5.82 Å². The molecule has 32 heavy (non-hydrogen) atoms. The van der Waals surface area contributed by atoms with Crippen LogP contribution in [0.5, 0.6) is 0 Å². The van der Waals surface area contributed by atoms with Gasteiger partial charge in [0.25, 0.3) is 0 Å². The van der Waals surface area contributed by atoms with Crippen molar-refractivity contribution in [2.24, 2.45) is 0 Å². The normalized spacial score (nSPS) is 12.4. The van der Waals surface area contributed by atoms with Crippen LogP contribution in [-0.2, 0) is 30.8 Å². The average Bonchev–Trinajstić information content (AvgIpc) is 2.78. The summed E-state index contributed by atoms with van der Waals surface area (Å²) in [6.07, 6.45) is 0.457. The number of nitrogens with one attached hydrogen (secondary N) is 1. The lowest BCUT2D eigenvalue weighted by molar-refractivity contribution is -0.141. The molecule has 1 atom stereocenters. The van der Waals surface area contributed by atoms with Crippen LogP contribution in [0.25, 0.3) is 0 Å². The van der Waals surface area contributed by atoms with Crippen molar-refractivity contribution in [2.45, 2.75) is 44.0 Å². The maximum atomic E-state index is 13.2. The highest BCUT2D eigenvalue weighted by molar-refractivity contribution is 7.89. The molecule has 0 saturated carbocycles. The first-order valence-electron chi connectivity index (χ1n) is 10.4. The predicted molar refractivity (Wildman–Crippen MR) is 119 cm³/mol. The van der Waals surface area contributed by atoms with Gasteiger partial charge in [0.2, 0.25) is 15.9 Å². The van der Waals surface area contributed by atoms with Crippen molar-refractivity contribution in [1.29, 1.82) is 0 Å². The van der Waals surface area contributed by atoms with Crippen LogP contribution in [0.3, 0.4) is 0 Å². The third-order valence-electron chi connectivity index (χ3n) is 5.11. The monoisotopic (exact) mass is 464 g/mol. The first-order valence-corrected chi connectivity index (χ1v) is 11.9. The Bertz CT molecular complexity index is 1000. The number of carbonyl (C=O) groups excluding carboxylic acids is 2. The van der Waals surface area contributed by atoms with E-state index < -0.39 is 27.9 Å². The van der Waals surface area contributed by atoms with Crippen molar-refractivity contribution < 1.29 is 27.1 Å². The van der Waals surface area contributed by atoms with Crippen LogP contribution in [0.1, 0.15) is 43.9 Å². The van der Waals surface area contributed by atoms with Gasteiger partial charge in [-0.15, -0.1) is 0 Å². The van der Waals surface area contributed by atoms with E-state index in [0.29, 0.717) is 25.1 Å². The Morgan fingerprint density at radius 2 is 1.62 bits per heavy atom. The van der Waals surface area contributed by atoms with Crippen molar-refractivity contribution >= 4 is 21.9 Å². The molecule has 2 rings (SSSR count). The molecule has 9 heteroatoms. The van der Waals surface area contributed by atoms with Crippen molar-refractivity contribution in [3.8, 4) is 0 Å². The minimum absolute atomic E-state index is 0.0776. The Kier molecular flexibility index (Phi) is 9.34. The van der Waals surface area contributed by atoms with E-state index in [1.54, 1.807) is 38.1 Å². The molecule has 0 spiro atoms. The number of amides is 1. The maximum Gasteiger partial charge on any atom is 0.307 e. The zero-order valence-electron chi connectivity index (χ0n) is 18.5. The number of nitrogens with zero attached hydrogens (tertiary/aromatic N) is 1. The SMILES string of the molecule is CCN(CC)S(=O)(=O)c1ccc(CCC(=O)NC(CC(=O)OC)c2ccc(F)cc2)cc1. The predicted octanol–water partition coefficient (Wildman–Crippen LogP) is 3.21. The van der Waals surface area contributed by atoms with E-state index in [9.17, 15) is 22.4 Å². The van der Waals surface area contributed by atoms with E-state index >= 15 is 0 Å². The van der Waals surface area contributed by atoms with Gasteiger partial charge in [0.15, 0.2) is 0 Å². The van der Waals surface area contributed by atoms with Gasteiger partial charge in [-0.2, -0.15) is 4.31 Å². The molecule has 2 aromatic carbocycles. The van der Waals surface area contributed by atoms with E-state index in [1.165, 1.54) is 35.7 Å². The fourth-order valence-corrected chi connectivity index (χ4v) is 4.72. The number of carbonyl (C=O) groups is 2. The highest BCUT2D eigenvalue weighted by Gasteiger charge is 2.22. The summed E-state index contributed by atoms with van der Waals surface area (Å²) in [6.45, 7) is 4.35. The summed E-state index contributed by atoms with van der Waals surface area (Å²) >= 11 is 0. The van der Waals surface area contributed by atoms with Crippen LogP contribution in [0.15, 0.2) is 53.4 Å². The van der Waals surface area contributed by atoms with Gasteiger partial charge in [-0.3, -0.25) is 9.59 Å². The van der Waals surface area contributed by atoms with Crippen molar-refractivity contribution in [3.05, 3.63) is 65.5 Å². The Labute approximate surface area is 188 Å². The molecule has 1 unspecified atom stereocenters. The number of sulfonamides is 1. The summed E-state index contributed by atoms with van der Waals surface area (Å²) in [7, 11) is -2.27. The second-order valence-electron chi connectivity index (χ2n) is 7.19. The topological polar surface area (TPSA) is 92.8 Å². The van der Waals surface area contributed by atoms with Gasteiger partial charge in [-0.25, -0.2) is 12.8 Å². The van der Waals surface area contributed by atoms with Crippen molar-refractivity contribution in [2.75, 3.05) is 20.2 Å². The number of benzene rings is 2. The first-order chi connectivity index (χ1) is 15.2. The smallest absolute Gasteiger partial charge is 0.307 e. The Morgan fingerprint density at radius 3 is 2.16 bits per heavy atom. The summed E-state index contributed by atoms with van der Waals surface area (Å²) < 4.78 is 44.4. The standard InChI is InChI=1S/C23H29FN2O5S/c1-4-26(5-2)32(29,30)20-13-6-17(7-14-20)8-15-22(27)25-21(16-23(28)31-3)18-9-11-19(24)12-10-18/h6-7,9-14,21H,4-5,8,15-16H2,1-3H3,(H,25,27). The number of esters is 1. The number of rotatable bonds is 11. The summed E-state index contributed by atoms with van der Waals surface area (Å²) in [6, 6.07) is 11.4. The molecule has 174 valence electrons. The summed E-state index contributed by atoms with van der Waals surface area (Å²) in [5, 5.41) is 2.79. The zero-order chi connectivity index (χ0) is 23.7. The van der Waals surface area contributed by atoms with E-state index in [0.717, 1.165) is 5.56 Å². The van der Waals surface area contributed by atoms with E-state index in [2.05, 4.69) is 5.32 Å². The van der Waals surface area contributed by atoms with Gasteiger partial charge in [0.1, 0.15) is 5.82 Å². The van der Waals surface area contributed by atoms with E-state index in [1.807, 2.05) is 0 Å². The molecule has 1 amide bonds. The minimum Gasteiger partial charge on any atom is -0.469 e. The number of hydrogen-bond acceptors (Lipinski definition) is 5. The van der Waals surface area contributed by atoms with Crippen LogP contribution >= 0.6 is 0 Å². The van der Waals surface area contributed by atoms with Gasteiger partial charge in [0, 0.05) is 19.5 Å². The largest absolute Gasteiger partial charge is 0.469 e. The lowest BCUT2D eigenvalue weighted by atomic mass is 10.0. The third-order valence-corrected chi connectivity index (χ3v) is 7.18. The van der Waals surface area contributed by atoms with Crippen LogP contribution in [0.4, 0.5) is 4.39 Å². The van der Waals surface area contributed by atoms with Gasteiger partial charge in [-0.05, 0) is 41.8 Å². The molecule has 0 aliphatic heterocycles. The highest BCUT2D eigenvalue weighted by atomic mass is 32.2. The third kappa shape index (κ3) is 6.86. The molecular formula is C23H29FN2O5S. The zero-order valence-corrected chi connectivity index (χ0v) is 19.3. The Hall–Kier alpha value is -2.78. The molecule has 0 heterocycles. The summed E-state index contributed by atoms with van der Waals surface area (Å²) in [4.78, 5) is 24.4. The Balaban J connectivity index is 2.02. The molecule has 0 aliphatic rings. The number of methoxy groups -OCH3 is 1. The molecule has 0 saturated heterocycles. The summed E-state index contributed by atoms with van der Waals surface area (Å²) in [5.41, 5.74) is 1.40. The molecule has 0 aromatic heterocycles. The lowest BCUT2D eigenvalue weighted by Gasteiger charge is -2.19. The van der Waals surface area contributed by atoms with E-state index in [-0.39, 0.29) is 23.6 Å². The van der Waals surface area contributed by atoms with Crippen LogP contribution in [0.2, 0.25) is 0 Å². The molecular weight excluding hydrogens is 435 g/mol. The first kappa shape index (κ1) is 25.5. The lowest BCUT2D eigenvalue weighted by Crippen LogP contribution is -2.31. The molecule has 0 aliphatic carbocycles. The second kappa shape index (κ2) is 11.7. The fraction of sp³-hybridized carbons (Fsp3) is 0.391. The van der Waals surface area contributed by atoms with Gasteiger partial charge < -0.3 is 10.1 Å². The maximum absolute atomic E-state index is 13.2. The van der Waals surface area contributed by atoms with Gasteiger partial charge >= 0.3 is 5.97 Å². The van der Waals surface area contributed by atoms with Crippen molar-refractivity contribution in [1.82, 2.24) is 9.62 Å². The van der Waals surface area contributed by atoms with Crippen LogP contribution in [-0.4, -0.2) is 44.8 Å². The fourth-order valence-electron chi connectivity index (χ4n) is 3.26. The van der Waals surface area contributed by atoms with Crippen molar-refractivity contribution in [3.63, 3.8) is 0 Å². The molecule has 1 N–H and O–H groups in total. The van der Waals surface area contributed by atoms with Gasteiger partial charge in [0.05, 0.1) is 24.5 Å². The molecule has 2 aromatic rings. The Morgan fingerprint density at radius 1 is 1.03 bits per heavy atom. The number of ether oxygens (including phenoxy) is 1. The van der Waals surface area contributed by atoms with Crippen LogP contribution < -0.4 is 5.32 Å². The minimum atomic E-state index is -3.53. The molecule has 0 radical (unpaired) electrons. The molecule has 7 nitrogen and oxygen atoms in total. The van der Waals surface area contributed by atoms with E-state index in [4.69, 9.17) is 4.74 Å². The summed E-state index contributed by atoms with van der Waals surface area (Å²) in [5.74, 6) is -1.20. The molecule has 0 bridgehead atoms. The second-order valence-corrected chi connectivity index (χ2v) is 9.12. The quantitative estimate of drug-likeness (QED) is 0.516. The highest BCUT2D eigenvalue weighted by Crippen LogP contribution is 2.19. The number of hydrogen-bond donors (Lipinski definition) is 1. The average molecular weight is 465 g/mol. The number of aryl methyl sites for hydroxylation is 1.